The Morgan fingerprint density at radius 2 is 1.60 bits per heavy atom. The highest BCUT2D eigenvalue weighted by atomic mass is 79.9. The van der Waals surface area contributed by atoms with E-state index in [1.165, 1.54) is 16.7 Å². The highest BCUT2D eigenvalue weighted by Gasteiger charge is 2.16. The Morgan fingerprint density at radius 1 is 1.00 bits per heavy atom. The van der Waals surface area contributed by atoms with Gasteiger partial charge in [0.1, 0.15) is 5.75 Å². The maximum absolute atomic E-state index is 5.43. The molecule has 0 saturated carbocycles. The normalized spacial score (nSPS) is 12.3. The van der Waals surface area contributed by atoms with Gasteiger partial charge >= 0.3 is 0 Å². The number of aryl methyl sites for hydroxylation is 3. The minimum absolute atomic E-state index is 0.167. The van der Waals surface area contributed by atoms with Gasteiger partial charge in [0.25, 0.3) is 0 Å². The fraction of sp³-hybridized carbons (Fsp3) is 0.294. The number of hydrogen-bond acceptors (Lipinski definition) is 1. The van der Waals surface area contributed by atoms with Crippen LogP contribution >= 0.6 is 31.9 Å². The first-order valence-corrected chi connectivity index (χ1v) is 8.20. The number of ether oxygens (including phenoxy) is 1. The zero-order valence-corrected chi connectivity index (χ0v) is 15.3. The van der Waals surface area contributed by atoms with Gasteiger partial charge in [0.15, 0.2) is 0 Å². The second kappa shape index (κ2) is 6.31. The molecular formula is C17H18Br2O. The van der Waals surface area contributed by atoms with Crippen molar-refractivity contribution in [1.82, 2.24) is 0 Å². The first-order chi connectivity index (χ1) is 9.43. The van der Waals surface area contributed by atoms with E-state index < -0.39 is 0 Å². The molecule has 1 nitrogen and oxygen atoms in total. The van der Waals surface area contributed by atoms with Gasteiger partial charge in [0.2, 0.25) is 0 Å². The summed E-state index contributed by atoms with van der Waals surface area (Å²) in [4.78, 5) is 0.167. The lowest BCUT2D eigenvalue weighted by molar-refractivity contribution is 0.408. The molecular weight excluding hydrogens is 380 g/mol. The summed E-state index contributed by atoms with van der Waals surface area (Å²) in [7, 11) is 1.72. The first kappa shape index (κ1) is 15.6. The molecule has 0 bridgehead atoms. The van der Waals surface area contributed by atoms with E-state index in [-0.39, 0.29) is 4.83 Å². The highest BCUT2D eigenvalue weighted by molar-refractivity contribution is 9.11. The summed E-state index contributed by atoms with van der Waals surface area (Å²) in [5.41, 5.74) is 6.07. The Balaban J connectivity index is 2.48. The average Bonchev–Trinajstić information content (AvgIpc) is 2.40. The number of halogens is 2. The first-order valence-electron chi connectivity index (χ1n) is 6.49. The Labute approximate surface area is 137 Å². The van der Waals surface area contributed by atoms with Gasteiger partial charge in [-0.1, -0.05) is 61.7 Å². The summed E-state index contributed by atoms with van der Waals surface area (Å²) in [6.45, 7) is 6.28. The van der Waals surface area contributed by atoms with Crippen LogP contribution in [0.4, 0.5) is 0 Å². The predicted octanol–water partition coefficient (Wildman–Crippen LogP) is 5.87. The van der Waals surface area contributed by atoms with Gasteiger partial charge in [-0.3, -0.25) is 0 Å². The van der Waals surface area contributed by atoms with Gasteiger partial charge in [-0.25, -0.2) is 0 Å². The van der Waals surface area contributed by atoms with Crippen molar-refractivity contribution in [3.8, 4) is 5.75 Å². The molecule has 2 rings (SSSR count). The van der Waals surface area contributed by atoms with Crippen molar-refractivity contribution in [3.63, 3.8) is 0 Å². The summed E-state index contributed by atoms with van der Waals surface area (Å²) >= 11 is 7.46. The van der Waals surface area contributed by atoms with E-state index in [2.05, 4.69) is 83.0 Å². The third-order valence-corrected chi connectivity index (χ3v) is 5.15. The minimum atomic E-state index is 0.167. The number of methoxy groups -OCH3 is 1. The van der Waals surface area contributed by atoms with E-state index in [4.69, 9.17) is 4.74 Å². The third-order valence-electron chi connectivity index (χ3n) is 3.40. The van der Waals surface area contributed by atoms with E-state index >= 15 is 0 Å². The van der Waals surface area contributed by atoms with Crippen LogP contribution in [-0.2, 0) is 0 Å². The molecule has 0 radical (unpaired) electrons. The lowest BCUT2D eigenvalue weighted by Crippen LogP contribution is -1.99. The van der Waals surface area contributed by atoms with Crippen LogP contribution in [0.25, 0.3) is 0 Å². The number of hydrogen-bond donors (Lipinski definition) is 0. The maximum Gasteiger partial charge on any atom is 0.124 e. The average molecular weight is 398 g/mol. The van der Waals surface area contributed by atoms with Crippen LogP contribution in [0.3, 0.4) is 0 Å². The van der Waals surface area contributed by atoms with E-state index in [9.17, 15) is 0 Å². The molecule has 1 unspecified atom stereocenters. The highest BCUT2D eigenvalue weighted by Crippen LogP contribution is 2.38. The molecule has 3 heteroatoms. The monoisotopic (exact) mass is 396 g/mol. The van der Waals surface area contributed by atoms with Crippen LogP contribution in [-0.4, -0.2) is 7.11 Å². The second-order valence-corrected chi connectivity index (χ2v) is 6.85. The van der Waals surface area contributed by atoms with Gasteiger partial charge in [-0.15, -0.1) is 0 Å². The molecule has 0 heterocycles. The fourth-order valence-electron chi connectivity index (χ4n) is 2.49. The number of benzene rings is 2. The Kier molecular flexibility index (Phi) is 4.92. The van der Waals surface area contributed by atoms with E-state index in [0.717, 1.165) is 21.3 Å². The SMILES string of the molecule is COc1c(C)cc(C(Br)c2cc(C)ccc2Br)cc1C. The zero-order valence-electron chi connectivity index (χ0n) is 12.1. The molecule has 0 saturated heterocycles. The molecule has 0 spiro atoms. The van der Waals surface area contributed by atoms with Crippen molar-refractivity contribution in [2.45, 2.75) is 25.6 Å². The van der Waals surface area contributed by atoms with Gasteiger partial charge in [-0.05, 0) is 49.1 Å². The molecule has 0 amide bonds. The molecule has 106 valence electrons. The minimum Gasteiger partial charge on any atom is -0.496 e. The van der Waals surface area contributed by atoms with E-state index in [0.29, 0.717) is 0 Å². The van der Waals surface area contributed by atoms with Crippen LogP contribution in [0, 0.1) is 20.8 Å². The summed E-state index contributed by atoms with van der Waals surface area (Å²) in [6, 6.07) is 10.8. The van der Waals surface area contributed by atoms with Crippen LogP contribution in [0.2, 0.25) is 0 Å². The van der Waals surface area contributed by atoms with Crippen molar-refractivity contribution in [2.24, 2.45) is 0 Å². The maximum atomic E-state index is 5.43. The standard InChI is InChI=1S/C17H18Br2O/c1-10-5-6-15(18)14(7-10)16(19)13-8-11(2)17(20-4)12(3)9-13/h5-9,16H,1-4H3. The van der Waals surface area contributed by atoms with Gasteiger partial charge in [-0.2, -0.15) is 0 Å². The van der Waals surface area contributed by atoms with E-state index in [1.54, 1.807) is 7.11 Å². The second-order valence-electron chi connectivity index (χ2n) is 5.08. The predicted molar refractivity (Wildman–Crippen MR) is 92.1 cm³/mol. The number of rotatable bonds is 3. The Morgan fingerprint density at radius 3 is 2.15 bits per heavy atom. The van der Waals surface area contributed by atoms with Gasteiger partial charge in [0.05, 0.1) is 11.9 Å². The third kappa shape index (κ3) is 3.09. The van der Waals surface area contributed by atoms with E-state index in [1.807, 2.05) is 0 Å². The smallest absolute Gasteiger partial charge is 0.124 e. The fourth-order valence-corrected chi connectivity index (χ4v) is 3.91. The van der Waals surface area contributed by atoms with Crippen LogP contribution in [0.15, 0.2) is 34.8 Å². The summed E-state index contributed by atoms with van der Waals surface area (Å²) in [5.74, 6) is 0.969. The van der Waals surface area contributed by atoms with Crippen LogP contribution < -0.4 is 4.74 Å². The van der Waals surface area contributed by atoms with Crippen molar-refractivity contribution in [2.75, 3.05) is 7.11 Å². The van der Waals surface area contributed by atoms with Crippen molar-refractivity contribution < 1.29 is 4.74 Å². The molecule has 0 aliphatic rings. The van der Waals surface area contributed by atoms with Crippen LogP contribution in [0.5, 0.6) is 5.75 Å². The molecule has 2 aromatic rings. The quantitative estimate of drug-likeness (QED) is 0.588. The van der Waals surface area contributed by atoms with Gasteiger partial charge in [0, 0.05) is 4.47 Å². The lowest BCUT2D eigenvalue weighted by atomic mass is 9.99. The molecule has 0 aliphatic carbocycles. The Bertz CT molecular complexity index is 612. The van der Waals surface area contributed by atoms with Crippen molar-refractivity contribution >= 4 is 31.9 Å². The number of alkyl halides is 1. The molecule has 0 N–H and O–H groups in total. The topological polar surface area (TPSA) is 9.23 Å². The molecule has 20 heavy (non-hydrogen) atoms. The zero-order chi connectivity index (χ0) is 14.9. The largest absolute Gasteiger partial charge is 0.496 e. The summed E-state index contributed by atoms with van der Waals surface area (Å²) < 4.78 is 6.56. The summed E-state index contributed by atoms with van der Waals surface area (Å²) in [5, 5.41) is 0. The molecule has 2 aromatic carbocycles. The Hall–Kier alpha value is -0.800. The molecule has 0 aromatic heterocycles. The molecule has 0 fully saturated rings. The summed E-state index contributed by atoms with van der Waals surface area (Å²) in [6.07, 6.45) is 0. The molecule has 0 aliphatic heterocycles. The van der Waals surface area contributed by atoms with Gasteiger partial charge < -0.3 is 4.74 Å². The van der Waals surface area contributed by atoms with Crippen molar-refractivity contribution in [1.29, 1.82) is 0 Å². The van der Waals surface area contributed by atoms with Crippen molar-refractivity contribution in [3.05, 3.63) is 62.6 Å². The van der Waals surface area contributed by atoms with Crippen LogP contribution in [0.1, 0.15) is 32.6 Å². The molecule has 1 atom stereocenters. The lowest BCUT2D eigenvalue weighted by Gasteiger charge is -2.17.